The molecule has 108 valence electrons. The van der Waals surface area contributed by atoms with E-state index >= 15 is 0 Å². The van der Waals surface area contributed by atoms with Crippen LogP contribution >= 0.6 is 0 Å². The summed E-state index contributed by atoms with van der Waals surface area (Å²) in [4.78, 5) is 2.53. The van der Waals surface area contributed by atoms with Crippen LogP contribution in [0.2, 0.25) is 0 Å². The van der Waals surface area contributed by atoms with Gasteiger partial charge < -0.3 is 5.32 Å². The molecule has 0 heterocycles. The fraction of sp³-hybridized carbons (Fsp3) is 0.647. The van der Waals surface area contributed by atoms with Crippen molar-refractivity contribution in [3.8, 4) is 0 Å². The van der Waals surface area contributed by atoms with Gasteiger partial charge in [-0.3, -0.25) is 4.90 Å². The van der Waals surface area contributed by atoms with E-state index in [1.807, 2.05) is 0 Å². The molecule has 1 rings (SSSR count). The molecule has 0 amide bonds. The number of rotatable bonds is 8. The maximum absolute atomic E-state index is 3.45. The summed E-state index contributed by atoms with van der Waals surface area (Å²) in [5.74, 6) is 0. The van der Waals surface area contributed by atoms with E-state index in [0.717, 1.165) is 13.1 Å². The summed E-state index contributed by atoms with van der Waals surface area (Å²) in [5, 5.41) is 3.45. The van der Waals surface area contributed by atoms with Gasteiger partial charge in [-0.2, -0.15) is 0 Å². The zero-order valence-corrected chi connectivity index (χ0v) is 13.2. The third-order valence-corrected chi connectivity index (χ3v) is 3.36. The normalized spacial score (nSPS) is 11.8. The van der Waals surface area contributed by atoms with Crippen molar-refractivity contribution in [2.75, 3.05) is 6.54 Å². The van der Waals surface area contributed by atoms with Crippen LogP contribution in [-0.4, -0.2) is 23.5 Å². The van der Waals surface area contributed by atoms with Gasteiger partial charge in [0.25, 0.3) is 0 Å². The molecule has 1 aromatic carbocycles. The van der Waals surface area contributed by atoms with Gasteiger partial charge in [0.2, 0.25) is 0 Å². The quantitative estimate of drug-likeness (QED) is 0.766. The van der Waals surface area contributed by atoms with E-state index in [1.165, 1.54) is 24.1 Å². The van der Waals surface area contributed by atoms with Crippen molar-refractivity contribution in [3.05, 3.63) is 35.4 Å². The topological polar surface area (TPSA) is 15.3 Å². The molecule has 0 radical (unpaired) electrons. The lowest BCUT2D eigenvalue weighted by atomic mass is 10.1. The Hall–Kier alpha value is -0.860. The second kappa shape index (κ2) is 8.34. The van der Waals surface area contributed by atoms with Crippen LogP contribution in [0.15, 0.2) is 24.3 Å². The van der Waals surface area contributed by atoms with E-state index in [2.05, 4.69) is 69.1 Å². The number of hydrogen-bond donors (Lipinski definition) is 1. The van der Waals surface area contributed by atoms with Gasteiger partial charge in [-0.15, -0.1) is 0 Å². The molecule has 1 N–H and O–H groups in total. The molecule has 0 saturated heterocycles. The van der Waals surface area contributed by atoms with Crippen molar-refractivity contribution in [3.63, 3.8) is 0 Å². The molecule has 1 aromatic rings. The van der Waals surface area contributed by atoms with Gasteiger partial charge in [0.15, 0.2) is 0 Å². The van der Waals surface area contributed by atoms with E-state index in [9.17, 15) is 0 Å². The zero-order chi connectivity index (χ0) is 14.3. The molecule has 0 aliphatic rings. The van der Waals surface area contributed by atoms with Gasteiger partial charge in [0.05, 0.1) is 0 Å². The van der Waals surface area contributed by atoms with Crippen molar-refractivity contribution in [2.24, 2.45) is 0 Å². The second-order valence-electron chi connectivity index (χ2n) is 5.92. The summed E-state index contributed by atoms with van der Waals surface area (Å²) in [6.07, 6.45) is 1.22. The zero-order valence-electron chi connectivity index (χ0n) is 13.2. The third kappa shape index (κ3) is 6.22. The summed E-state index contributed by atoms with van der Waals surface area (Å²) in [6.45, 7) is 14.3. The van der Waals surface area contributed by atoms with Crippen LogP contribution in [0.5, 0.6) is 0 Å². The number of nitrogens with zero attached hydrogens (tertiary/aromatic N) is 1. The van der Waals surface area contributed by atoms with Gasteiger partial charge in [-0.25, -0.2) is 0 Å². The first-order chi connectivity index (χ1) is 9.02. The highest BCUT2D eigenvalue weighted by Crippen LogP contribution is 2.10. The maximum Gasteiger partial charge on any atom is 0.0236 e. The van der Waals surface area contributed by atoms with Crippen molar-refractivity contribution in [2.45, 2.75) is 66.2 Å². The van der Waals surface area contributed by atoms with Crippen LogP contribution < -0.4 is 5.32 Å². The third-order valence-electron chi connectivity index (χ3n) is 3.36. The van der Waals surface area contributed by atoms with Gasteiger partial charge in [-0.1, -0.05) is 45.0 Å². The average molecular weight is 262 g/mol. The summed E-state index contributed by atoms with van der Waals surface area (Å²) in [5.41, 5.74) is 2.78. The summed E-state index contributed by atoms with van der Waals surface area (Å²) >= 11 is 0. The molecule has 0 aromatic heterocycles. The van der Waals surface area contributed by atoms with Crippen molar-refractivity contribution in [1.29, 1.82) is 0 Å². The van der Waals surface area contributed by atoms with E-state index in [1.54, 1.807) is 0 Å². The second-order valence-corrected chi connectivity index (χ2v) is 5.92. The van der Waals surface area contributed by atoms with E-state index in [0.29, 0.717) is 12.1 Å². The fourth-order valence-electron chi connectivity index (χ4n) is 2.13. The standard InChI is InChI=1S/C17H30N2/c1-6-11-19(15(4)5)13-17-9-7-16(8-10-17)12-18-14(2)3/h7-10,14-15,18H,6,11-13H2,1-5H3. The fourth-order valence-corrected chi connectivity index (χ4v) is 2.13. The van der Waals surface area contributed by atoms with Crippen LogP contribution in [0.25, 0.3) is 0 Å². The molecule has 0 saturated carbocycles. The Balaban J connectivity index is 2.55. The molecule has 0 atom stereocenters. The Morgan fingerprint density at radius 3 is 2.05 bits per heavy atom. The summed E-state index contributed by atoms with van der Waals surface area (Å²) in [7, 11) is 0. The smallest absolute Gasteiger partial charge is 0.0236 e. The Kier molecular flexibility index (Phi) is 7.11. The predicted octanol–water partition coefficient (Wildman–Crippen LogP) is 3.81. The van der Waals surface area contributed by atoms with E-state index in [-0.39, 0.29) is 0 Å². The van der Waals surface area contributed by atoms with Crippen LogP contribution in [0.4, 0.5) is 0 Å². The average Bonchev–Trinajstić information content (AvgIpc) is 2.37. The molecule has 0 aliphatic heterocycles. The minimum absolute atomic E-state index is 0.542. The lowest BCUT2D eigenvalue weighted by Crippen LogP contribution is -2.31. The molecule has 0 fully saturated rings. The molecule has 2 heteroatoms. The molecular formula is C17H30N2. The largest absolute Gasteiger partial charge is 0.310 e. The van der Waals surface area contributed by atoms with Gasteiger partial charge in [-0.05, 0) is 37.9 Å². The molecular weight excluding hydrogens is 232 g/mol. The molecule has 0 unspecified atom stereocenters. The Bertz CT molecular complexity index is 341. The minimum atomic E-state index is 0.542. The summed E-state index contributed by atoms with van der Waals surface area (Å²) < 4.78 is 0. The Morgan fingerprint density at radius 2 is 1.58 bits per heavy atom. The SMILES string of the molecule is CCCN(Cc1ccc(CNC(C)C)cc1)C(C)C. The minimum Gasteiger partial charge on any atom is -0.310 e. The van der Waals surface area contributed by atoms with Crippen molar-refractivity contribution in [1.82, 2.24) is 10.2 Å². The summed E-state index contributed by atoms with van der Waals surface area (Å²) in [6, 6.07) is 10.2. The highest BCUT2D eigenvalue weighted by Gasteiger charge is 2.08. The van der Waals surface area contributed by atoms with Crippen LogP contribution in [0.3, 0.4) is 0 Å². The van der Waals surface area contributed by atoms with E-state index < -0.39 is 0 Å². The van der Waals surface area contributed by atoms with Gasteiger partial charge >= 0.3 is 0 Å². The van der Waals surface area contributed by atoms with Gasteiger partial charge in [0.1, 0.15) is 0 Å². The first-order valence-corrected chi connectivity index (χ1v) is 7.58. The monoisotopic (exact) mass is 262 g/mol. The molecule has 0 spiro atoms. The molecule has 0 aliphatic carbocycles. The first-order valence-electron chi connectivity index (χ1n) is 7.58. The van der Waals surface area contributed by atoms with Gasteiger partial charge in [0, 0.05) is 25.2 Å². The molecule has 2 nitrogen and oxygen atoms in total. The predicted molar refractivity (Wildman–Crippen MR) is 84.3 cm³/mol. The highest BCUT2D eigenvalue weighted by atomic mass is 15.1. The van der Waals surface area contributed by atoms with Crippen LogP contribution in [0, 0.1) is 0 Å². The number of hydrogen-bond acceptors (Lipinski definition) is 2. The Morgan fingerprint density at radius 1 is 1.00 bits per heavy atom. The highest BCUT2D eigenvalue weighted by molar-refractivity contribution is 5.22. The molecule has 19 heavy (non-hydrogen) atoms. The molecule has 0 bridgehead atoms. The maximum atomic E-state index is 3.45. The van der Waals surface area contributed by atoms with Crippen LogP contribution in [-0.2, 0) is 13.1 Å². The van der Waals surface area contributed by atoms with E-state index in [4.69, 9.17) is 0 Å². The first kappa shape index (κ1) is 16.2. The lowest BCUT2D eigenvalue weighted by molar-refractivity contribution is 0.213. The lowest BCUT2D eigenvalue weighted by Gasteiger charge is -2.26. The number of nitrogens with one attached hydrogen (secondary N) is 1. The van der Waals surface area contributed by atoms with Crippen molar-refractivity contribution < 1.29 is 0 Å². The number of benzene rings is 1. The van der Waals surface area contributed by atoms with Crippen molar-refractivity contribution >= 4 is 0 Å². The van der Waals surface area contributed by atoms with Crippen LogP contribution in [0.1, 0.15) is 52.2 Å². The Labute approximate surface area is 119 Å².